The van der Waals surface area contributed by atoms with Crippen LogP contribution in [0.2, 0.25) is 0 Å². The van der Waals surface area contributed by atoms with E-state index >= 15 is 0 Å². The van der Waals surface area contributed by atoms with Crippen LogP contribution in [-0.4, -0.2) is 18.3 Å². The number of benzene rings is 1. The van der Waals surface area contributed by atoms with Crippen LogP contribution in [0, 0.1) is 5.82 Å². The second-order valence-electron chi connectivity index (χ2n) is 6.23. The molecule has 0 bridgehead atoms. The van der Waals surface area contributed by atoms with Gasteiger partial charge in [0, 0.05) is 5.33 Å². The van der Waals surface area contributed by atoms with Gasteiger partial charge in [-0.05, 0) is 43.4 Å². The Balaban J connectivity index is 1.54. The molecular weight excluding hydrogens is 335 g/mol. The summed E-state index contributed by atoms with van der Waals surface area (Å²) in [6.45, 7) is 0.451. The molecule has 2 fully saturated rings. The van der Waals surface area contributed by atoms with Gasteiger partial charge in [0.1, 0.15) is 6.61 Å². The fourth-order valence-corrected chi connectivity index (χ4v) is 3.85. The zero-order valence-electron chi connectivity index (χ0n) is 12.2. The molecule has 1 saturated carbocycles. The van der Waals surface area contributed by atoms with Crippen LogP contribution >= 0.6 is 15.9 Å². The van der Waals surface area contributed by atoms with E-state index < -0.39 is 0 Å². The van der Waals surface area contributed by atoms with Crippen molar-refractivity contribution in [2.75, 3.05) is 6.61 Å². The molecule has 1 aromatic carbocycles. The first kappa shape index (κ1) is 15.3. The molecule has 1 unspecified atom stereocenters. The van der Waals surface area contributed by atoms with Gasteiger partial charge in [0.2, 0.25) is 0 Å². The monoisotopic (exact) mass is 356 g/mol. The predicted molar refractivity (Wildman–Crippen MR) is 84.4 cm³/mol. The molecule has 1 saturated heterocycles. The summed E-state index contributed by atoms with van der Waals surface area (Å²) in [6, 6.07) is 5.10. The van der Waals surface area contributed by atoms with E-state index in [1.807, 2.05) is 6.07 Å². The fourth-order valence-electron chi connectivity index (χ4n) is 3.50. The topological polar surface area (TPSA) is 18.5 Å². The Morgan fingerprint density at radius 2 is 2.05 bits per heavy atom. The number of alkyl halides is 1. The molecule has 1 atom stereocenters. The SMILES string of the molecule is Fc1cc(CBr)ccc1OCC1CCC2(CCCCC2)O1. The second-order valence-corrected chi connectivity index (χ2v) is 6.79. The van der Waals surface area contributed by atoms with E-state index in [-0.39, 0.29) is 17.5 Å². The van der Waals surface area contributed by atoms with Crippen molar-refractivity contribution >= 4 is 15.9 Å². The predicted octanol–water partition coefficient (Wildman–Crippen LogP) is 4.98. The minimum Gasteiger partial charge on any atom is -0.488 e. The van der Waals surface area contributed by atoms with Gasteiger partial charge in [0.05, 0.1) is 11.7 Å². The Bertz CT molecular complexity index is 486. The maximum atomic E-state index is 13.9. The van der Waals surface area contributed by atoms with E-state index in [1.54, 1.807) is 6.07 Å². The molecule has 0 aromatic heterocycles. The molecule has 0 radical (unpaired) electrons. The lowest BCUT2D eigenvalue weighted by Crippen LogP contribution is -2.32. The minimum atomic E-state index is -0.294. The van der Waals surface area contributed by atoms with Crippen molar-refractivity contribution in [3.05, 3.63) is 29.6 Å². The first-order valence-electron chi connectivity index (χ1n) is 7.86. The summed E-state index contributed by atoms with van der Waals surface area (Å²) in [6.07, 6.45) is 8.51. The third-order valence-electron chi connectivity index (χ3n) is 4.68. The number of halogens is 2. The van der Waals surface area contributed by atoms with Crippen LogP contribution in [0.1, 0.15) is 50.5 Å². The molecule has 1 heterocycles. The highest BCUT2D eigenvalue weighted by Gasteiger charge is 2.40. The first-order chi connectivity index (χ1) is 10.2. The maximum absolute atomic E-state index is 13.9. The molecule has 1 aromatic rings. The van der Waals surface area contributed by atoms with Crippen molar-refractivity contribution < 1.29 is 13.9 Å². The van der Waals surface area contributed by atoms with Gasteiger partial charge in [-0.2, -0.15) is 0 Å². The van der Waals surface area contributed by atoms with Crippen LogP contribution in [0.3, 0.4) is 0 Å². The van der Waals surface area contributed by atoms with Gasteiger partial charge in [-0.15, -0.1) is 0 Å². The Morgan fingerprint density at radius 3 is 2.76 bits per heavy atom. The summed E-state index contributed by atoms with van der Waals surface area (Å²) in [5, 5.41) is 0.651. The molecule has 2 aliphatic rings. The molecule has 116 valence electrons. The Kier molecular flexibility index (Phi) is 4.85. The van der Waals surface area contributed by atoms with Gasteiger partial charge in [0.25, 0.3) is 0 Å². The van der Waals surface area contributed by atoms with Crippen molar-refractivity contribution in [3.63, 3.8) is 0 Å². The van der Waals surface area contributed by atoms with Crippen molar-refractivity contribution in [3.8, 4) is 5.75 Å². The number of hydrogen-bond donors (Lipinski definition) is 0. The summed E-state index contributed by atoms with van der Waals surface area (Å²) in [4.78, 5) is 0. The highest BCUT2D eigenvalue weighted by atomic mass is 79.9. The summed E-state index contributed by atoms with van der Waals surface area (Å²) < 4.78 is 25.8. The van der Waals surface area contributed by atoms with Crippen molar-refractivity contribution in [1.82, 2.24) is 0 Å². The molecular formula is C17H22BrFO2. The van der Waals surface area contributed by atoms with Crippen LogP contribution in [0.15, 0.2) is 18.2 Å². The summed E-state index contributed by atoms with van der Waals surface area (Å²) in [5.74, 6) is 0.0326. The standard InChI is InChI=1S/C17H22BrFO2/c18-11-13-4-5-16(15(19)10-13)20-12-14-6-9-17(21-14)7-2-1-3-8-17/h4-5,10,14H,1-3,6-9,11-12H2. The quantitative estimate of drug-likeness (QED) is 0.708. The second kappa shape index (κ2) is 6.66. The van der Waals surface area contributed by atoms with E-state index in [1.165, 1.54) is 38.2 Å². The lowest BCUT2D eigenvalue weighted by molar-refractivity contribution is -0.0751. The first-order valence-corrected chi connectivity index (χ1v) is 8.98. The number of ether oxygens (including phenoxy) is 2. The Morgan fingerprint density at radius 1 is 1.24 bits per heavy atom. The molecule has 0 amide bonds. The Hall–Kier alpha value is -0.610. The highest BCUT2D eigenvalue weighted by Crippen LogP contribution is 2.42. The van der Waals surface area contributed by atoms with Gasteiger partial charge in [-0.1, -0.05) is 41.3 Å². The summed E-state index contributed by atoms with van der Waals surface area (Å²) in [5.41, 5.74) is 1.02. The average Bonchev–Trinajstić information content (AvgIpc) is 2.89. The van der Waals surface area contributed by atoms with E-state index in [9.17, 15) is 4.39 Å². The zero-order chi connectivity index (χ0) is 14.7. The largest absolute Gasteiger partial charge is 0.488 e. The van der Waals surface area contributed by atoms with E-state index in [4.69, 9.17) is 9.47 Å². The van der Waals surface area contributed by atoms with Gasteiger partial charge in [-0.25, -0.2) is 4.39 Å². The molecule has 4 heteroatoms. The number of hydrogen-bond acceptors (Lipinski definition) is 2. The summed E-state index contributed by atoms with van der Waals surface area (Å²) >= 11 is 3.32. The molecule has 1 aliphatic heterocycles. The van der Waals surface area contributed by atoms with Crippen LogP contribution in [-0.2, 0) is 10.1 Å². The minimum absolute atomic E-state index is 0.102. The maximum Gasteiger partial charge on any atom is 0.165 e. The van der Waals surface area contributed by atoms with Gasteiger partial charge < -0.3 is 9.47 Å². The molecule has 1 aliphatic carbocycles. The van der Waals surface area contributed by atoms with Gasteiger partial charge in [-0.3, -0.25) is 0 Å². The van der Waals surface area contributed by atoms with Crippen molar-refractivity contribution in [2.45, 2.75) is 62.0 Å². The number of rotatable bonds is 4. The molecule has 3 rings (SSSR count). The van der Waals surface area contributed by atoms with Gasteiger partial charge in [0.15, 0.2) is 11.6 Å². The lowest BCUT2D eigenvalue weighted by Gasteiger charge is -2.33. The van der Waals surface area contributed by atoms with Gasteiger partial charge >= 0.3 is 0 Å². The lowest BCUT2D eigenvalue weighted by atomic mass is 9.83. The zero-order valence-corrected chi connectivity index (χ0v) is 13.8. The Labute approximate surface area is 134 Å². The third-order valence-corrected chi connectivity index (χ3v) is 5.33. The highest BCUT2D eigenvalue weighted by molar-refractivity contribution is 9.08. The fraction of sp³-hybridized carbons (Fsp3) is 0.647. The van der Waals surface area contributed by atoms with Crippen molar-refractivity contribution in [2.24, 2.45) is 0 Å². The van der Waals surface area contributed by atoms with Crippen LogP contribution in [0.4, 0.5) is 4.39 Å². The average molecular weight is 357 g/mol. The van der Waals surface area contributed by atoms with E-state index in [0.717, 1.165) is 18.4 Å². The van der Waals surface area contributed by atoms with Crippen LogP contribution in [0.5, 0.6) is 5.75 Å². The smallest absolute Gasteiger partial charge is 0.165 e. The van der Waals surface area contributed by atoms with E-state index in [0.29, 0.717) is 17.7 Å². The van der Waals surface area contributed by atoms with E-state index in [2.05, 4.69) is 15.9 Å². The molecule has 21 heavy (non-hydrogen) atoms. The third kappa shape index (κ3) is 3.59. The molecule has 2 nitrogen and oxygen atoms in total. The van der Waals surface area contributed by atoms with Crippen LogP contribution < -0.4 is 4.74 Å². The summed E-state index contributed by atoms with van der Waals surface area (Å²) in [7, 11) is 0. The normalized spacial score (nSPS) is 24.4. The molecule has 1 spiro atoms. The van der Waals surface area contributed by atoms with Crippen molar-refractivity contribution in [1.29, 1.82) is 0 Å². The van der Waals surface area contributed by atoms with Crippen LogP contribution in [0.25, 0.3) is 0 Å². The molecule has 0 N–H and O–H groups in total.